The highest BCUT2D eigenvalue weighted by Crippen LogP contribution is 2.27. The van der Waals surface area contributed by atoms with E-state index in [0.29, 0.717) is 13.2 Å². The third kappa shape index (κ3) is 2.76. The summed E-state index contributed by atoms with van der Waals surface area (Å²) in [5.41, 5.74) is 0.792. The van der Waals surface area contributed by atoms with Gasteiger partial charge in [0.25, 0.3) is 0 Å². The molecule has 1 rings (SSSR count). The molecule has 0 N–H and O–H groups in total. The SMILES string of the molecule is C#Cc1cccc(OCCOC)c1Br. The number of hydrogen-bond donors (Lipinski definition) is 0. The molecule has 0 saturated carbocycles. The monoisotopic (exact) mass is 254 g/mol. The Hall–Kier alpha value is -0.980. The van der Waals surface area contributed by atoms with E-state index in [1.54, 1.807) is 7.11 Å². The lowest BCUT2D eigenvalue weighted by Gasteiger charge is -2.08. The molecule has 0 spiro atoms. The molecule has 0 atom stereocenters. The predicted molar refractivity (Wildman–Crippen MR) is 59.4 cm³/mol. The minimum absolute atomic E-state index is 0.517. The van der Waals surface area contributed by atoms with Crippen LogP contribution in [-0.4, -0.2) is 20.3 Å². The van der Waals surface area contributed by atoms with E-state index in [-0.39, 0.29) is 0 Å². The predicted octanol–water partition coefficient (Wildman–Crippen LogP) is 2.46. The van der Waals surface area contributed by atoms with Crippen molar-refractivity contribution in [1.29, 1.82) is 0 Å². The standard InChI is InChI=1S/C11H11BrO2/c1-3-9-5-4-6-10(11(9)12)14-8-7-13-2/h1,4-6H,7-8H2,2H3. The summed E-state index contributed by atoms with van der Waals surface area (Å²) < 4.78 is 11.1. The van der Waals surface area contributed by atoms with Crippen LogP contribution in [0.1, 0.15) is 5.56 Å². The topological polar surface area (TPSA) is 18.5 Å². The van der Waals surface area contributed by atoms with Crippen LogP contribution in [0.15, 0.2) is 22.7 Å². The molecule has 1 aromatic carbocycles. The van der Waals surface area contributed by atoms with Crippen molar-refractivity contribution in [2.75, 3.05) is 20.3 Å². The van der Waals surface area contributed by atoms with Crippen molar-refractivity contribution in [3.8, 4) is 18.1 Å². The number of methoxy groups -OCH3 is 1. The van der Waals surface area contributed by atoms with E-state index in [9.17, 15) is 0 Å². The highest BCUT2D eigenvalue weighted by Gasteiger charge is 2.03. The molecule has 0 aromatic heterocycles. The Kier molecular flexibility index (Phi) is 4.51. The largest absolute Gasteiger partial charge is 0.490 e. The highest BCUT2D eigenvalue weighted by atomic mass is 79.9. The maximum atomic E-state index is 5.45. The molecule has 0 bridgehead atoms. The van der Waals surface area contributed by atoms with Crippen molar-refractivity contribution in [2.24, 2.45) is 0 Å². The van der Waals surface area contributed by atoms with Gasteiger partial charge in [0.15, 0.2) is 0 Å². The molecule has 0 aliphatic carbocycles. The molecule has 0 amide bonds. The van der Waals surface area contributed by atoms with Crippen LogP contribution in [-0.2, 0) is 4.74 Å². The van der Waals surface area contributed by atoms with Gasteiger partial charge in [-0.15, -0.1) is 6.42 Å². The van der Waals surface area contributed by atoms with Gasteiger partial charge < -0.3 is 9.47 Å². The molecule has 3 heteroatoms. The Balaban J connectivity index is 2.73. The van der Waals surface area contributed by atoms with Gasteiger partial charge in [0.1, 0.15) is 12.4 Å². The molecule has 74 valence electrons. The fourth-order valence-corrected chi connectivity index (χ4v) is 1.46. The molecule has 1 aromatic rings. The molecule has 0 aliphatic rings. The number of benzene rings is 1. The van der Waals surface area contributed by atoms with Crippen molar-refractivity contribution < 1.29 is 9.47 Å². The van der Waals surface area contributed by atoms with Crippen molar-refractivity contribution in [3.63, 3.8) is 0 Å². The fourth-order valence-electron chi connectivity index (χ4n) is 0.969. The second kappa shape index (κ2) is 5.69. The minimum atomic E-state index is 0.517. The van der Waals surface area contributed by atoms with Gasteiger partial charge in [0.05, 0.1) is 11.1 Å². The Bertz CT molecular complexity index is 342. The van der Waals surface area contributed by atoms with Crippen LogP contribution < -0.4 is 4.74 Å². The van der Waals surface area contributed by atoms with Crippen molar-refractivity contribution >= 4 is 15.9 Å². The lowest BCUT2D eigenvalue weighted by Crippen LogP contribution is -2.04. The number of ether oxygens (including phenoxy) is 2. The molecule has 0 aliphatic heterocycles. The summed E-state index contributed by atoms with van der Waals surface area (Å²) in [5.74, 6) is 3.32. The minimum Gasteiger partial charge on any atom is -0.490 e. The third-order valence-electron chi connectivity index (χ3n) is 1.66. The van der Waals surface area contributed by atoms with Crippen molar-refractivity contribution in [1.82, 2.24) is 0 Å². The number of halogens is 1. The summed E-state index contributed by atoms with van der Waals surface area (Å²) >= 11 is 3.39. The van der Waals surface area contributed by atoms with E-state index < -0.39 is 0 Å². The molecule has 0 fully saturated rings. The van der Waals surface area contributed by atoms with Crippen LogP contribution in [0.4, 0.5) is 0 Å². The first-order valence-electron chi connectivity index (χ1n) is 4.16. The number of hydrogen-bond acceptors (Lipinski definition) is 2. The summed E-state index contributed by atoms with van der Waals surface area (Å²) in [6.07, 6.45) is 5.31. The summed E-state index contributed by atoms with van der Waals surface area (Å²) in [6, 6.07) is 5.58. The maximum Gasteiger partial charge on any atom is 0.134 e. The van der Waals surface area contributed by atoms with E-state index in [2.05, 4.69) is 21.9 Å². The maximum absolute atomic E-state index is 5.45. The van der Waals surface area contributed by atoms with Gasteiger partial charge in [0, 0.05) is 12.7 Å². The normalized spacial score (nSPS) is 9.50. The van der Waals surface area contributed by atoms with E-state index in [1.807, 2.05) is 18.2 Å². The van der Waals surface area contributed by atoms with Crippen molar-refractivity contribution in [2.45, 2.75) is 0 Å². The first-order valence-corrected chi connectivity index (χ1v) is 4.95. The zero-order valence-electron chi connectivity index (χ0n) is 7.92. The molecule has 0 unspecified atom stereocenters. The zero-order valence-corrected chi connectivity index (χ0v) is 9.50. The van der Waals surface area contributed by atoms with E-state index in [4.69, 9.17) is 15.9 Å². The molecule has 0 saturated heterocycles. The Morgan fingerprint density at radius 3 is 2.86 bits per heavy atom. The summed E-state index contributed by atoms with van der Waals surface area (Å²) in [4.78, 5) is 0. The van der Waals surface area contributed by atoms with Crippen LogP contribution >= 0.6 is 15.9 Å². The first kappa shape index (κ1) is 11.1. The van der Waals surface area contributed by atoms with E-state index >= 15 is 0 Å². The van der Waals surface area contributed by atoms with Crippen LogP contribution in [0.2, 0.25) is 0 Å². The first-order chi connectivity index (χ1) is 6.79. The molecular weight excluding hydrogens is 244 g/mol. The lowest BCUT2D eigenvalue weighted by atomic mass is 10.2. The van der Waals surface area contributed by atoms with Crippen LogP contribution in [0.25, 0.3) is 0 Å². The summed E-state index contributed by atoms with van der Waals surface area (Å²) in [7, 11) is 1.64. The van der Waals surface area contributed by atoms with Gasteiger partial charge in [-0.1, -0.05) is 12.0 Å². The average Bonchev–Trinajstić information content (AvgIpc) is 2.21. The fraction of sp³-hybridized carbons (Fsp3) is 0.273. The Morgan fingerprint density at radius 2 is 2.21 bits per heavy atom. The third-order valence-corrected chi connectivity index (χ3v) is 2.48. The quantitative estimate of drug-likeness (QED) is 0.607. The van der Waals surface area contributed by atoms with Crippen LogP contribution in [0.5, 0.6) is 5.75 Å². The molecule has 0 heterocycles. The molecule has 14 heavy (non-hydrogen) atoms. The molecular formula is C11H11BrO2. The smallest absolute Gasteiger partial charge is 0.134 e. The Morgan fingerprint density at radius 1 is 1.43 bits per heavy atom. The second-order valence-corrected chi connectivity index (χ2v) is 3.40. The highest BCUT2D eigenvalue weighted by molar-refractivity contribution is 9.10. The van der Waals surface area contributed by atoms with Gasteiger partial charge in [-0.3, -0.25) is 0 Å². The Labute approximate surface area is 92.3 Å². The second-order valence-electron chi connectivity index (χ2n) is 2.60. The van der Waals surface area contributed by atoms with Crippen LogP contribution in [0, 0.1) is 12.3 Å². The van der Waals surface area contributed by atoms with Gasteiger partial charge >= 0.3 is 0 Å². The van der Waals surface area contributed by atoms with Gasteiger partial charge in [-0.25, -0.2) is 0 Å². The number of rotatable bonds is 4. The van der Waals surface area contributed by atoms with E-state index in [1.165, 1.54) is 0 Å². The van der Waals surface area contributed by atoms with Gasteiger partial charge in [-0.2, -0.15) is 0 Å². The lowest BCUT2D eigenvalue weighted by molar-refractivity contribution is 0.146. The van der Waals surface area contributed by atoms with Gasteiger partial charge in [0.2, 0.25) is 0 Å². The van der Waals surface area contributed by atoms with E-state index in [0.717, 1.165) is 15.8 Å². The molecule has 2 nitrogen and oxygen atoms in total. The molecule has 0 radical (unpaired) electrons. The summed E-state index contributed by atoms with van der Waals surface area (Å²) in [6.45, 7) is 1.08. The van der Waals surface area contributed by atoms with Crippen LogP contribution in [0.3, 0.4) is 0 Å². The summed E-state index contributed by atoms with van der Waals surface area (Å²) in [5, 5.41) is 0. The van der Waals surface area contributed by atoms with Gasteiger partial charge in [-0.05, 0) is 28.1 Å². The van der Waals surface area contributed by atoms with Crippen molar-refractivity contribution in [3.05, 3.63) is 28.2 Å². The average molecular weight is 255 g/mol. The number of terminal acetylenes is 1. The zero-order chi connectivity index (χ0) is 10.4.